The van der Waals surface area contributed by atoms with Crippen LogP contribution in [0.3, 0.4) is 0 Å². The highest BCUT2D eigenvalue weighted by Crippen LogP contribution is 2.38. The lowest BCUT2D eigenvalue weighted by atomic mass is 10.1. The topological polar surface area (TPSA) is 26.0 Å². The van der Waals surface area contributed by atoms with Crippen LogP contribution in [-0.4, -0.2) is 4.98 Å². The molecule has 0 saturated carbocycles. The van der Waals surface area contributed by atoms with Gasteiger partial charge in [0.25, 0.3) is 0 Å². The van der Waals surface area contributed by atoms with E-state index in [1.807, 2.05) is 24.3 Å². The highest BCUT2D eigenvalue weighted by molar-refractivity contribution is 7.21. The molecule has 0 aliphatic rings. The summed E-state index contributed by atoms with van der Waals surface area (Å²) in [7, 11) is 0. The third-order valence-corrected chi connectivity index (χ3v) is 6.32. The number of furan rings is 1. The molecule has 0 bridgehead atoms. The van der Waals surface area contributed by atoms with Crippen molar-refractivity contribution in [3.8, 4) is 10.6 Å². The molecule has 0 amide bonds. The van der Waals surface area contributed by atoms with Crippen molar-refractivity contribution in [2.24, 2.45) is 0 Å². The van der Waals surface area contributed by atoms with Crippen LogP contribution >= 0.6 is 22.9 Å². The number of rotatable bonds is 1. The van der Waals surface area contributed by atoms with Gasteiger partial charge in [0.15, 0.2) is 5.58 Å². The summed E-state index contributed by atoms with van der Waals surface area (Å²) >= 11 is 7.98. The van der Waals surface area contributed by atoms with Crippen molar-refractivity contribution in [1.29, 1.82) is 0 Å². The number of para-hydroxylation sites is 1. The van der Waals surface area contributed by atoms with Crippen molar-refractivity contribution in [2.45, 2.75) is 0 Å². The predicted molar refractivity (Wildman–Crippen MR) is 115 cm³/mol. The van der Waals surface area contributed by atoms with E-state index >= 15 is 0 Å². The second-order valence-corrected chi connectivity index (χ2v) is 8.05. The summed E-state index contributed by atoms with van der Waals surface area (Å²) in [6.07, 6.45) is 0. The summed E-state index contributed by atoms with van der Waals surface area (Å²) < 4.78 is 7.14. The van der Waals surface area contributed by atoms with Gasteiger partial charge in [0, 0.05) is 22.4 Å². The van der Waals surface area contributed by atoms with Crippen molar-refractivity contribution >= 4 is 65.9 Å². The minimum absolute atomic E-state index is 0.636. The quantitative estimate of drug-likeness (QED) is 0.290. The van der Waals surface area contributed by atoms with E-state index < -0.39 is 0 Å². The Hall–Kier alpha value is -2.88. The molecule has 0 radical (unpaired) electrons. The fourth-order valence-corrected chi connectivity index (χ4v) is 4.83. The normalized spacial score (nSPS) is 11.9. The highest BCUT2D eigenvalue weighted by Gasteiger charge is 2.14. The van der Waals surface area contributed by atoms with Gasteiger partial charge in [-0.3, -0.25) is 0 Å². The van der Waals surface area contributed by atoms with Crippen LogP contribution in [0.1, 0.15) is 0 Å². The number of hydrogen-bond donors (Lipinski definition) is 0. The maximum absolute atomic E-state index is 6.28. The number of thiazole rings is 1. The van der Waals surface area contributed by atoms with E-state index in [0.717, 1.165) is 42.7 Å². The first-order valence-electron chi connectivity index (χ1n) is 8.67. The first-order valence-corrected chi connectivity index (χ1v) is 9.86. The van der Waals surface area contributed by atoms with Crippen LogP contribution in [0, 0.1) is 0 Å². The minimum atomic E-state index is 0.636. The third-order valence-electron chi connectivity index (χ3n) is 4.96. The molecule has 6 rings (SSSR count). The van der Waals surface area contributed by atoms with Crippen molar-refractivity contribution in [2.75, 3.05) is 0 Å². The average Bonchev–Trinajstić information content (AvgIpc) is 3.27. The molecule has 0 N–H and O–H groups in total. The molecular formula is C23H12ClNOS. The number of nitrogens with zero attached hydrogens (tertiary/aromatic N) is 1. The second-order valence-electron chi connectivity index (χ2n) is 6.62. The fourth-order valence-electron chi connectivity index (χ4n) is 3.63. The Labute approximate surface area is 163 Å². The van der Waals surface area contributed by atoms with Crippen LogP contribution in [-0.2, 0) is 0 Å². The van der Waals surface area contributed by atoms with E-state index in [1.54, 1.807) is 11.3 Å². The number of halogens is 1. The van der Waals surface area contributed by atoms with Gasteiger partial charge in [-0.15, -0.1) is 11.3 Å². The molecule has 0 fully saturated rings. The first kappa shape index (κ1) is 15.2. The fraction of sp³-hybridized carbons (Fsp3) is 0. The van der Waals surface area contributed by atoms with Crippen molar-refractivity contribution in [3.63, 3.8) is 0 Å². The van der Waals surface area contributed by atoms with Gasteiger partial charge < -0.3 is 4.42 Å². The Balaban J connectivity index is 1.58. The molecule has 27 heavy (non-hydrogen) atoms. The Kier molecular flexibility index (Phi) is 3.13. The third kappa shape index (κ3) is 2.29. The van der Waals surface area contributed by atoms with Crippen LogP contribution in [0.25, 0.3) is 53.5 Å². The molecule has 128 valence electrons. The maximum atomic E-state index is 6.28. The van der Waals surface area contributed by atoms with Crippen LogP contribution in [0.4, 0.5) is 0 Å². The van der Waals surface area contributed by atoms with E-state index in [2.05, 4.69) is 48.5 Å². The monoisotopic (exact) mass is 385 g/mol. The van der Waals surface area contributed by atoms with Gasteiger partial charge in [-0.2, -0.15) is 0 Å². The van der Waals surface area contributed by atoms with E-state index in [-0.39, 0.29) is 0 Å². The van der Waals surface area contributed by atoms with Crippen LogP contribution in [0.15, 0.2) is 77.2 Å². The van der Waals surface area contributed by atoms with Crippen LogP contribution in [0.2, 0.25) is 5.02 Å². The summed E-state index contributed by atoms with van der Waals surface area (Å²) in [4.78, 5) is 4.86. The van der Waals surface area contributed by atoms with E-state index in [0.29, 0.717) is 5.02 Å². The van der Waals surface area contributed by atoms with Gasteiger partial charge >= 0.3 is 0 Å². The van der Waals surface area contributed by atoms with Crippen molar-refractivity contribution in [1.82, 2.24) is 4.98 Å². The Bertz CT molecular complexity index is 1490. The summed E-state index contributed by atoms with van der Waals surface area (Å²) in [5.74, 6) is 0. The predicted octanol–water partition coefficient (Wildman–Crippen LogP) is 7.67. The van der Waals surface area contributed by atoms with Gasteiger partial charge in [-0.1, -0.05) is 60.1 Å². The molecule has 2 aromatic heterocycles. The van der Waals surface area contributed by atoms with Gasteiger partial charge in [-0.05, 0) is 29.0 Å². The zero-order valence-electron chi connectivity index (χ0n) is 14.1. The number of hydrogen-bond acceptors (Lipinski definition) is 3. The van der Waals surface area contributed by atoms with Gasteiger partial charge in [0.1, 0.15) is 10.6 Å². The Morgan fingerprint density at radius 1 is 0.815 bits per heavy atom. The van der Waals surface area contributed by atoms with E-state index in [4.69, 9.17) is 21.0 Å². The average molecular weight is 386 g/mol. The van der Waals surface area contributed by atoms with Gasteiger partial charge in [0.05, 0.1) is 15.2 Å². The summed E-state index contributed by atoms with van der Waals surface area (Å²) in [5, 5.41) is 6.24. The highest BCUT2D eigenvalue weighted by atomic mass is 35.5. The summed E-state index contributed by atoms with van der Waals surface area (Å²) in [6.45, 7) is 0. The number of aromatic nitrogens is 1. The largest absolute Gasteiger partial charge is 0.454 e. The lowest BCUT2D eigenvalue weighted by Crippen LogP contribution is -1.77. The van der Waals surface area contributed by atoms with Crippen LogP contribution in [0.5, 0.6) is 0 Å². The molecule has 0 aliphatic heterocycles. The molecule has 4 heteroatoms. The van der Waals surface area contributed by atoms with Gasteiger partial charge in [0.2, 0.25) is 0 Å². The lowest BCUT2D eigenvalue weighted by Gasteiger charge is -2.00. The Morgan fingerprint density at radius 3 is 2.63 bits per heavy atom. The standard InChI is InChI=1S/C23H12ClNOS/c24-18-7-3-6-16-17-11-21-19(12-20(17)26-22(16)18)25-23(27-21)15-9-8-13-4-1-2-5-14(13)10-15/h1-12H. The smallest absolute Gasteiger partial charge is 0.153 e. The number of benzene rings is 4. The second kappa shape index (κ2) is 5.56. The Morgan fingerprint density at radius 2 is 1.70 bits per heavy atom. The molecule has 0 atom stereocenters. The van der Waals surface area contributed by atoms with E-state index in [9.17, 15) is 0 Å². The molecule has 6 aromatic rings. The molecule has 4 aromatic carbocycles. The zero-order chi connectivity index (χ0) is 18.0. The van der Waals surface area contributed by atoms with Crippen molar-refractivity contribution < 1.29 is 4.42 Å². The lowest BCUT2D eigenvalue weighted by molar-refractivity contribution is 0.669. The summed E-state index contributed by atoms with van der Waals surface area (Å²) in [5.41, 5.74) is 3.65. The number of fused-ring (bicyclic) bond motifs is 5. The molecule has 0 aliphatic carbocycles. The molecule has 2 heterocycles. The molecular weight excluding hydrogens is 374 g/mol. The molecule has 2 nitrogen and oxygen atoms in total. The SMILES string of the molecule is Clc1cccc2c1oc1cc3nc(-c4ccc5ccccc5c4)sc3cc12. The van der Waals surface area contributed by atoms with Crippen molar-refractivity contribution in [3.05, 3.63) is 77.8 Å². The first-order chi connectivity index (χ1) is 13.3. The molecule has 0 unspecified atom stereocenters. The molecule has 0 spiro atoms. The maximum Gasteiger partial charge on any atom is 0.153 e. The minimum Gasteiger partial charge on any atom is -0.454 e. The summed E-state index contributed by atoms with van der Waals surface area (Å²) in [6, 6.07) is 24.9. The van der Waals surface area contributed by atoms with Gasteiger partial charge in [-0.25, -0.2) is 4.98 Å². The zero-order valence-corrected chi connectivity index (χ0v) is 15.6. The molecule has 0 saturated heterocycles. The van der Waals surface area contributed by atoms with Crippen LogP contribution < -0.4 is 0 Å². The van der Waals surface area contributed by atoms with E-state index in [1.165, 1.54) is 10.8 Å².